The summed E-state index contributed by atoms with van der Waals surface area (Å²) in [5.41, 5.74) is 6.55. The zero-order valence-electron chi connectivity index (χ0n) is 12.2. The lowest BCUT2D eigenvalue weighted by molar-refractivity contribution is 0.254. The van der Waals surface area contributed by atoms with Crippen molar-refractivity contribution in [2.24, 2.45) is 5.73 Å². The molecule has 0 bridgehead atoms. The summed E-state index contributed by atoms with van der Waals surface area (Å²) >= 11 is 1.72. The molecule has 5 heteroatoms. The number of rotatable bonds is 6. The molecular formula is C16H20F2N2S. The summed E-state index contributed by atoms with van der Waals surface area (Å²) < 4.78 is 26.4. The van der Waals surface area contributed by atoms with E-state index < -0.39 is 11.6 Å². The first-order valence-corrected chi connectivity index (χ1v) is 7.80. The van der Waals surface area contributed by atoms with Crippen LogP contribution in [0.3, 0.4) is 0 Å². The number of nitrogens with zero attached hydrogens (tertiary/aromatic N) is 1. The second-order valence-electron chi connectivity index (χ2n) is 5.27. The molecule has 1 heterocycles. The van der Waals surface area contributed by atoms with Crippen molar-refractivity contribution in [1.82, 2.24) is 4.90 Å². The van der Waals surface area contributed by atoms with Gasteiger partial charge in [-0.1, -0.05) is 6.07 Å². The Hall–Kier alpha value is -1.30. The number of nitrogens with two attached hydrogens (primary N) is 1. The van der Waals surface area contributed by atoms with Crippen molar-refractivity contribution in [3.8, 4) is 0 Å². The predicted octanol–water partition coefficient (Wildman–Crippen LogP) is 4.11. The van der Waals surface area contributed by atoms with Crippen LogP contribution >= 0.6 is 11.3 Å². The van der Waals surface area contributed by atoms with Crippen molar-refractivity contribution in [3.63, 3.8) is 0 Å². The second-order valence-corrected chi connectivity index (χ2v) is 6.25. The summed E-state index contributed by atoms with van der Waals surface area (Å²) in [6, 6.07) is 7.54. The van der Waals surface area contributed by atoms with Crippen molar-refractivity contribution < 1.29 is 8.78 Å². The summed E-state index contributed by atoms with van der Waals surface area (Å²) in [6.45, 7) is 2.90. The Kier molecular flexibility index (Phi) is 5.45. The van der Waals surface area contributed by atoms with E-state index in [4.69, 9.17) is 5.73 Å². The van der Waals surface area contributed by atoms with Crippen LogP contribution in [0.15, 0.2) is 35.7 Å². The molecule has 0 fully saturated rings. The van der Waals surface area contributed by atoms with E-state index in [0.717, 1.165) is 12.6 Å². The predicted molar refractivity (Wildman–Crippen MR) is 83.3 cm³/mol. The molecule has 2 aromatic rings. The Bertz CT molecular complexity index is 551. The topological polar surface area (TPSA) is 29.3 Å². The summed E-state index contributed by atoms with van der Waals surface area (Å²) in [7, 11) is 2.03. The van der Waals surface area contributed by atoms with E-state index in [0.29, 0.717) is 18.0 Å². The highest BCUT2D eigenvalue weighted by Gasteiger charge is 2.15. The van der Waals surface area contributed by atoms with Crippen LogP contribution in [-0.4, -0.2) is 18.5 Å². The summed E-state index contributed by atoms with van der Waals surface area (Å²) in [6.07, 6.45) is 0.648. The first kappa shape index (κ1) is 16.1. The molecule has 2 N–H and O–H groups in total. The number of hydrogen-bond acceptors (Lipinski definition) is 3. The van der Waals surface area contributed by atoms with Gasteiger partial charge >= 0.3 is 0 Å². The van der Waals surface area contributed by atoms with Crippen LogP contribution in [0.5, 0.6) is 0 Å². The fourth-order valence-electron chi connectivity index (χ4n) is 2.24. The van der Waals surface area contributed by atoms with Crippen molar-refractivity contribution in [1.29, 1.82) is 0 Å². The zero-order valence-corrected chi connectivity index (χ0v) is 13.0. The van der Waals surface area contributed by atoms with Crippen molar-refractivity contribution in [2.75, 3.05) is 13.6 Å². The molecule has 2 unspecified atom stereocenters. The molecule has 0 aliphatic rings. The molecule has 1 aromatic carbocycles. The molecule has 1 aromatic heterocycles. The van der Waals surface area contributed by atoms with E-state index in [-0.39, 0.29) is 6.04 Å². The average molecular weight is 310 g/mol. The van der Waals surface area contributed by atoms with E-state index in [1.54, 1.807) is 11.3 Å². The minimum absolute atomic E-state index is 0.307. The van der Waals surface area contributed by atoms with E-state index in [1.165, 1.54) is 17.0 Å². The zero-order chi connectivity index (χ0) is 15.4. The van der Waals surface area contributed by atoms with Crippen LogP contribution in [0, 0.1) is 11.6 Å². The van der Waals surface area contributed by atoms with Gasteiger partial charge in [-0.05, 0) is 49.5 Å². The molecule has 0 saturated heterocycles. The molecule has 0 aliphatic heterocycles. The fourth-order valence-corrected chi connectivity index (χ4v) is 3.09. The quantitative estimate of drug-likeness (QED) is 0.870. The highest BCUT2D eigenvalue weighted by Crippen LogP contribution is 2.24. The lowest BCUT2D eigenvalue weighted by Gasteiger charge is -2.25. The highest BCUT2D eigenvalue weighted by atomic mass is 32.1. The van der Waals surface area contributed by atoms with Crippen LogP contribution in [0.1, 0.15) is 35.9 Å². The van der Waals surface area contributed by atoms with Crippen LogP contribution in [0.2, 0.25) is 0 Å². The largest absolute Gasteiger partial charge is 0.324 e. The molecule has 0 radical (unpaired) electrons. The third kappa shape index (κ3) is 4.33. The van der Waals surface area contributed by atoms with Gasteiger partial charge in [0.1, 0.15) is 11.6 Å². The Morgan fingerprint density at radius 2 is 1.90 bits per heavy atom. The maximum Gasteiger partial charge on any atom is 0.126 e. The first-order chi connectivity index (χ1) is 9.97. The van der Waals surface area contributed by atoms with Crippen LogP contribution in [0.25, 0.3) is 0 Å². The van der Waals surface area contributed by atoms with Gasteiger partial charge in [-0.2, -0.15) is 0 Å². The Balaban J connectivity index is 1.92. The van der Waals surface area contributed by atoms with Gasteiger partial charge in [0.2, 0.25) is 0 Å². The Morgan fingerprint density at radius 1 is 1.24 bits per heavy atom. The van der Waals surface area contributed by atoms with Gasteiger partial charge in [-0.3, -0.25) is 4.90 Å². The standard InChI is InChI=1S/C16H20F2N2S/c1-11(16-4-3-7-21-16)20(2)6-5-15(19)12-8-13(17)10-14(18)9-12/h3-4,7-11,15H,5-6,19H2,1-2H3. The lowest BCUT2D eigenvalue weighted by Crippen LogP contribution is -2.26. The van der Waals surface area contributed by atoms with Crippen LogP contribution in [0.4, 0.5) is 8.78 Å². The van der Waals surface area contributed by atoms with Gasteiger partial charge in [0.15, 0.2) is 0 Å². The maximum absolute atomic E-state index is 13.2. The minimum atomic E-state index is -0.583. The molecular weight excluding hydrogens is 290 g/mol. The van der Waals surface area contributed by atoms with Gasteiger partial charge in [0.25, 0.3) is 0 Å². The molecule has 0 aliphatic carbocycles. The molecule has 2 nitrogen and oxygen atoms in total. The van der Waals surface area contributed by atoms with Gasteiger partial charge in [0, 0.05) is 29.6 Å². The number of halogens is 2. The fraction of sp³-hybridized carbons (Fsp3) is 0.375. The van der Waals surface area contributed by atoms with Crippen LogP contribution in [-0.2, 0) is 0 Å². The molecule has 114 valence electrons. The first-order valence-electron chi connectivity index (χ1n) is 6.92. The third-order valence-corrected chi connectivity index (χ3v) is 4.76. The average Bonchev–Trinajstić information content (AvgIpc) is 2.96. The Morgan fingerprint density at radius 3 is 2.48 bits per heavy atom. The molecule has 21 heavy (non-hydrogen) atoms. The maximum atomic E-state index is 13.2. The molecule has 0 amide bonds. The van der Waals surface area contributed by atoms with Gasteiger partial charge in [0.05, 0.1) is 0 Å². The van der Waals surface area contributed by atoms with E-state index in [1.807, 2.05) is 13.1 Å². The summed E-state index contributed by atoms with van der Waals surface area (Å²) in [5, 5.41) is 2.06. The van der Waals surface area contributed by atoms with Crippen molar-refractivity contribution in [2.45, 2.75) is 25.4 Å². The number of thiophene rings is 1. The van der Waals surface area contributed by atoms with E-state index >= 15 is 0 Å². The van der Waals surface area contributed by atoms with Crippen LogP contribution < -0.4 is 5.73 Å². The molecule has 0 spiro atoms. The number of hydrogen-bond donors (Lipinski definition) is 1. The van der Waals surface area contributed by atoms with Crippen molar-refractivity contribution >= 4 is 11.3 Å². The monoisotopic (exact) mass is 310 g/mol. The normalized spacial score (nSPS) is 14.4. The van der Waals surface area contributed by atoms with E-state index in [9.17, 15) is 8.78 Å². The SMILES string of the molecule is CC(c1cccs1)N(C)CCC(N)c1cc(F)cc(F)c1. The van der Waals surface area contributed by atoms with E-state index in [2.05, 4.69) is 23.3 Å². The smallest absolute Gasteiger partial charge is 0.126 e. The highest BCUT2D eigenvalue weighted by molar-refractivity contribution is 7.10. The van der Waals surface area contributed by atoms with Gasteiger partial charge in [-0.15, -0.1) is 11.3 Å². The van der Waals surface area contributed by atoms with Crippen molar-refractivity contribution in [3.05, 3.63) is 57.8 Å². The minimum Gasteiger partial charge on any atom is -0.324 e. The molecule has 0 saturated carbocycles. The summed E-state index contributed by atoms with van der Waals surface area (Å²) in [4.78, 5) is 3.49. The molecule has 2 rings (SSSR count). The lowest BCUT2D eigenvalue weighted by atomic mass is 10.0. The second kappa shape index (κ2) is 7.11. The third-order valence-electron chi connectivity index (χ3n) is 3.72. The molecule has 2 atom stereocenters. The number of benzene rings is 1. The Labute approximate surface area is 128 Å². The van der Waals surface area contributed by atoms with Gasteiger partial charge in [-0.25, -0.2) is 8.78 Å². The summed E-state index contributed by atoms with van der Waals surface area (Å²) in [5.74, 6) is -1.17. The van der Waals surface area contributed by atoms with Gasteiger partial charge < -0.3 is 5.73 Å².